The van der Waals surface area contributed by atoms with Crippen molar-refractivity contribution in [2.75, 3.05) is 11.4 Å². The number of nitriles is 1. The maximum atomic E-state index is 9.23. The van der Waals surface area contributed by atoms with E-state index in [-0.39, 0.29) is 0 Å². The van der Waals surface area contributed by atoms with E-state index in [0.29, 0.717) is 5.92 Å². The van der Waals surface area contributed by atoms with Crippen LogP contribution < -0.4 is 4.90 Å². The first-order valence-electron chi connectivity index (χ1n) is 13.0. The number of nitrogens with one attached hydrogen (secondary N) is 1. The SMILES string of the molecule is CCC(C)Sc1cccs1.CCc1cc(C#N)ccc1N(Cc1cnc[nH]1)C[C@H](C)Cc1ccccc1. The normalized spacial score (nSPS) is 12.2. The topological polar surface area (TPSA) is 55.7 Å². The summed E-state index contributed by atoms with van der Waals surface area (Å²) in [6, 6.07) is 23.2. The number of anilines is 1. The number of thioether (sulfide) groups is 1. The molecule has 2 aromatic heterocycles. The standard InChI is InChI=1S/C23H26N4.C8H12S2/c1-3-21-12-20(13-24)9-10-23(21)27(16-22-14-25-17-26-22)15-18(2)11-19-7-5-4-6-8-19;1-3-7(2)10-8-5-4-6-9-8/h4-10,12,14,17-18H,3,11,15-16H2,1-2H3,(H,25,26);4-7H,3H2,1-2H3/t18-;/m1./s1. The Morgan fingerprint density at radius 3 is 2.51 bits per heavy atom. The van der Waals surface area contributed by atoms with E-state index in [4.69, 9.17) is 0 Å². The highest BCUT2D eigenvalue weighted by Gasteiger charge is 2.16. The van der Waals surface area contributed by atoms with Crippen molar-refractivity contribution in [1.82, 2.24) is 9.97 Å². The maximum absolute atomic E-state index is 9.23. The first-order chi connectivity index (χ1) is 18.0. The Labute approximate surface area is 230 Å². The third-order valence-corrected chi connectivity index (χ3v) is 8.54. The number of nitrogens with zero attached hydrogens (tertiary/aromatic N) is 3. The molecule has 0 aliphatic rings. The highest BCUT2D eigenvalue weighted by Crippen LogP contribution is 2.29. The first kappa shape index (κ1) is 28.6. The van der Waals surface area contributed by atoms with Gasteiger partial charge in [0.2, 0.25) is 0 Å². The van der Waals surface area contributed by atoms with Crippen LogP contribution in [-0.2, 0) is 19.4 Å². The van der Waals surface area contributed by atoms with Gasteiger partial charge < -0.3 is 9.88 Å². The molecule has 2 atom stereocenters. The Kier molecular flexibility index (Phi) is 11.8. The summed E-state index contributed by atoms with van der Waals surface area (Å²) in [5, 5.41) is 12.1. The number of hydrogen-bond donors (Lipinski definition) is 1. The highest BCUT2D eigenvalue weighted by atomic mass is 32.2. The van der Waals surface area contributed by atoms with Gasteiger partial charge in [-0.25, -0.2) is 4.98 Å². The Hall–Kier alpha value is -3.01. The molecule has 0 radical (unpaired) electrons. The monoisotopic (exact) mass is 530 g/mol. The van der Waals surface area contributed by atoms with Crippen LogP contribution in [0.1, 0.15) is 56.5 Å². The second kappa shape index (κ2) is 15.3. The van der Waals surface area contributed by atoms with Crippen LogP contribution in [-0.4, -0.2) is 21.8 Å². The van der Waals surface area contributed by atoms with Crippen molar-refractivity contribution in [3.8, 4) is 6.07 Å². The smallest absolute Gasteiger partial charge is 0.0991 e. The number of benzene rings is 2. The lowest BCUT2D eigenvalue weighted by Gasteiger charge is -2.29. The van der Waals surface area contributed by atoms with E-state index in [0.717, 1.165) is 42.4 Å². The number of H-pyrrole nitrogens is 1. The lowest BCUT2D eigenvalue weighted by atomic mass is 9.99. The number of imidazole rings is 1. The molecule has 1 unspecified atom stereocenters. The van der Waals surface area contributed by atoms with Gasteiger partial charge in [-0.3, -0.25) is 0 Å². The summed E-state index contributed by atoms with van der Waals surface area (Å²) in [4.78, 5) is 9.78. The van der Waals surface area contributed by atoms with Gasteiger partial charge in [0.05, 0.1) is 34.4 Å². The molecule has 0 saturated carbocycles. The van der Waals surface area contributed by atoms with Gasteiger partial charge >= 0.3 is 0 Å². The van der Waals surface area contributed by atoms with Crippen molar-refractivity contribution < 1.29 is 0 Å². The largest absolute Gasteiger partial charge is 0.365 e. The highest BCUT2D eigenvalue weighted by molar-refractivity contribution is 8.01. The number of aryl methyl sites for hydroxylation is 1. The predicted octanol–water partition coefficient (Wildman–Crippen LogP) is 8.37. The van der Waals surface area contributed by atoms with Crippen LogP contribution in [0.5, 0.6) is 0 Å². The molecule has 0 aliphatic carbocycles. The van der Waals surface area contributed by atoms with Crippen LogP contribution in [0.2, 0.25) is 0 Å². The summed E-state index contributed by atoms with van der Waals surface area (Å²) >= 11 is 3.80. The van der Waals surface area contributed by atoms with E-state index in [9.17, 15) is 5.26 Å². The van der Waals surface area contributed by atoms with Gasteiger partial charge in [0, 0.05) is 23.7 Å². The third kappa shape index (κ3) is 9.42. The van der Waals surface area contributed by atoms with Crippen LogP contribution in [0.3, 0.4) is 0 Å². The van der Waals surface area contributed by atoms with E-state index in [2.05, 4.69) is 103 Å². The van der Waals surface area contributed by atoms with E-state index < -0.39 is 0 Å². The number of aromatic amines is 1. The van der Waals surface area contributed by atoms with E-state index >= 15 is 0 Å². The number of aromatic nitrogens is 2. The Balaban J connectivity index is 0.000000319. The van der Waals surface area contributed by atoms with Crippen LogP contribution >= 0.6 is 23.1 Å². The Morgan fingerprint density at radius 1 is 1.08 bits per heavy atom. The molecule has 0 amide bonds. The molecule has 2 heterocycles. The summed E-state index contributed by atoms with van der Waals surface area (Å²) in [5.74, 6) is 0.496. The molecule has 37 heavy (non-hydrogen) atoms. The first-order valence-corrected chi connectivity index (χ1v) is 14.8. The molecular formula is C31H38N4S2. The summed E-state index contributed by atoms with van der Waals surface area (Å²) in [7, 11) is 0. The molecule has 2 aromatic carbocycles. The molecule has 0 aliphatic heterocycles. The Morgan fingerprint density at radius 2 is 1.89 bits per heavy atom. The molecule has 0 bridgehead atoms. The van der Waals surface area contributed by atoms with Crippen molar-refractivity contribution in [2.45, 2.75) is 63.0 Å². The molecule has 0 saturated heterocycles. The number of hydrogen-bond acceptors (Lipinski definition) is 5. The van der Waals surface area contributed by atoms with E-state index in [1.807, 2.05) is 41.4 Å². The quantitative estimate of drug-likeness (QED) is 0.198. The van der Waals surface area contributed by atoms with Crippen molar-refractivity contribution in [1.29, 1.82) is 5.26 Å². The lowest BCUT2D eigenvalue weighted by Crippen LogP contribution is -2.30. The van der Waals surface area contributed by atoms with Crippen LogP contribution in [0.25, 0.3) is 0 Å². The minimum Gasteiger partial charge on any atom is -0.365 e. The minimum absolute atomic E-state index is 0.496. The second-order valence-electron chi connectivity index (χ2n) is 9.33. The number of rotatable bonds is 11. The van der Waals surface area contributed by atoms with E-state index in [1.165, 1.54) is 27.4 Å². The molecule has 4 aromatic rings. The van der Waals surface area contributed by atoms with Crippen molar-refractivity contribution in [2.24, 2.45) is 5.92 Å². The fraction of sp³-hybridized carbons (Fsp3) is 0.355. The molecule has 6 heteroatoms. The van der Waals surface area contributed by atoms with Gasteiger partial charge in [0.1, 0.15) is 0 Å². The fourth-order valence-electron chi connectivity index (χ4n) is 4.14. The van der Waals surface area contributed by atoms with Gasteiger partial charge in [0.25, 0.3) is 0 Å². The van der Waals surface area contributed by atoms with Gasteiger partial charge in [-0.2, -0.15) is 5.26 Å². The number of thiophene rings is 1. The van der Waals surface area contributed by atoms with Gasteiger partial charge in [-0.05, 0) is 66.0 Å². The van der Waals surface area contributed by atoms with Crippen molar-refractivity contribution >= 4 is 28.8 Å². The molecule has 0 spiro atoms. The zero-order valence-electron chi connectivity index (χ0n) is 22.4. The van der Waals surface area contributed by atoms with Crippen LogP contribution in [0.4, 0.5) is 5.69 Å². The lowest BCUT2D eigenvalue weighted by molar-refractivity contribution is 0.553. The van der Waals surface area contributed by atoms with Gasteiger partial charge in [-0.1, -0.05) is 64.1 Å². The summed E-state index contributed by atoms with van der Waals surface area (Å²) in [6.45, 7) is 10.6. The van der Waals surface area contributed by atoms with Gasteiger partial charge in [-0.15, -0.1) is 23.1 Å². The third-order valence-electron chi connectivity index (χ3n) is 6.19. The average molecular weight is 531 g/mol. The molecular weight excluding hydrogens is 493 g/mol. The zero-order valence-corrected chi connectivity index (χ0v) is 24.0. The van der Waals surface area contributed by atoms with E-state index in [1.54, 1.807) is 6.33 Å². The van der Waals surface area contributed by atoms with Crippen LogP contribution in [0, 0.1) is 17.2 Å². The van der Waals surface area contributed by atoms with Crippen LogP contribution in [0.15, 0.2) is 82.8 Å². The second-order valence-corrected chi connectivity index (χ2v) is 12.0. The summed E-state index contributed by atoms with van der Waals surface area (Å²) < 4.78 is 1.44. The molecule has 194 valence electrons. The molecule has 1 N–H and O–H groups in total. The van der Waals surface area contributed by atoms with Crippen molar-refractivity contribution in [3.63, 3.8) is 0 Å². The molecule has 4 rings (SSSR count). The average Bonchev–Trinajstić information content (AvgIpc) is 3.63. The fourth-order valence-corrected chi connectivity index (χ4v) is 6.19. The summed E-state index contributed by atoms with van der Waals surface area (Å²) in [5.41, 5.74) is 5.58. The zero-order chi connectivity index (χ0) is 26.5. The molecule has 4 nitrogen and oxygen atoms in total. The molecule has 0 fully saturated rings. The Bertz CT molecular complexity index is 1200. The van der Waals surface area contributed by atoms with Gasteiger partial charge in [0.15, 0.2) is 0 Å². The predicted molar refractivity (Wildman–Crippen MR) is 159 cm³/mol. The maximum Gasteiger partial charge on any atom is 0.0991 e. The minimum atomic E-state index is 0.496. The van der Waals surface area contributed by atoms with Crippen molar-refractivity contribution in [3.05, 3.63) is 101 Å². The summed E-state index contributed by atoms with van der Waals surface area (Å²) in [6.07, 6.45) is 6.79.